The smallest absolute Gasteiger partial charge is 0.298 e. The Morgan fingerprint density at radius 2 is 1.43 bits per heavy atom. The van der Waals surface area contributed by atoms with Crippen LogP contribution in [0.4, 0.5) is 28.4 Å². The second-order valence-electron chi connectivity index (χ2n) is 8.20. The van der Waals surface area contributed by atoms with E-state index in [0.717, 1.165) is 12.1 Å². The third kappa shape index (κ3) is 6.10. The van der Waals surface area contributed by atoms with Crippen LogP contribution in [0.2, 0.25) is 0 Å². The molecule has 4 rings (SSSR count). The van der Waals surface area contributed by atoms with Gasteiger partial charge in [-0.3, -0.25) is 13.9 Å². The molecule has 40 heavy (non-hydrogen) atoms. The Kier molecular flexibility index (Phi) is 7.61. The first-order valence-corrected chi connectivity index (χ1v) is 13.8. The first kappa shape index (κ1) is 28.2. The first-order chi connectivity index (χ1) is 18.8. The number of carbonyl (C=O) groups is 1. The summed E-state index contributed by atoms with van der Waals surface area (Å²) in [6.07, 6.45) is 0. The quantitative estimate of drug-likeness (QED) is 0.0902. The van der Waals surface area contributed by atoms with E-state index < -0.39 is 41.2 Å². The molecule has 4 aromatic carbocycles. The number of phenolic OH excluding ortho intramolecular Hbond substituents is 1. The lowest BCUT2D eigenvalue weighted by atomic mass is 10.1. The largest absolute Gasteiger partial charge is 0.507 e. The summed E-state index contributed by atoms with van der Waals surface area (Å²) in [5.74, 6) is -0.422. The van der Waals surface area contributed by atoms with E-state index in [9.17, 15) is 35.8 Å². The summed E-state index contributed by atoms with van der Waals surface area (Å²) in [5, 5.41) is 25.9. The van der Waals surface area contributed by atoms with Gasteiger partial charge in [-0.15, -0.1) is 5.11 Å². The number of nitrogen functional groups attached to an aromatic ring is 1. The highest BCUT2D eigenvalue weighted by Gasteiger charge is 2.24. The van der Waals surface area contributed by atoms with Gasteiger partial charge in [-0.2, -0.15) is 32.2 Å². The van der Waals surface area contributed by atoms with Crippen molar-refractivity contribution >= 4 is 65.9 Å². The second kappa shape index (κ2) is 10.8. The zero-order chi connectivity index (χ0) is 29.2. The third-order valence-electron chi connectivity index (χ3n) is 5.49. The molecular formula is C24H19N5O9S2. The fourth-order valence-electron chi connectivity index (χ4n) is 3.62. The maximum absolute atomic E-state index is 12.1. The van der Waals surface area contributed by atoms with Crippen LogP contribution in [0.1, 0.15) is 5.56 Å². The van der Waals surface area contributed by atoms with Crippen molar-refractivity contribution in [1.29, 1.82) is 0 Å². The van der Waals surface area contributed by atoms with Gasteiger partial charge in [0, 0.05) is 11.5 Å². The van der Waals surface area contributed by atoms with E-state index in [1.54, 1.807) is 49.4 Å². The maximum atomic E-state index is 12.1. The summed E-state index contributed by atoms with van der Waals surface area (Å²) >= 11 is 0. The van der Waals surface area contributed by atoms with E-state index in [1.807, 2.05) is 0 Å². The van der Waals surface area contributed by atoms with Gasteiger partial charge in [-0.05, 0) is 67.1 Å². The SMILES string of the molecule is Cc1cc(/N=N/c2cc(S(=O)(=O)O)c3cc(S(=O)(=O)O)cc(O)c3c2N)ccc1/N=N/c1ccc(OC=O)cc1. The molecule has 206 valence electrons. The van der Waals surface area contributed by atoms with Gasteiger partial charge in [0.2, 0.25) is 0 Å². The highest BCUT2D eigenvalue weighted by Crippen LogP contribution is 2.42. The summed E-state index contributed by atoms with van der Waals surface area (Å²) in [6, 6.07) is 13.3. The Bertz CT molecular complexity index is 1920. The van der Waals surface area contributed by atoms with Crippen LogP contribution in [-0.2, 0) is 25.0 Å². The molecule has 0 aliphatic carbocycles. The molecule has 0 unspecified atom stereocenters. The first-order valence-electron chi connectivity index (χ1n) is 11.0. The van der Waals surface area contributed by atoms with Gasteiger partial charge in [-0.25, -0.2) is 0 Å². The summed E-state index contributed by atoms with van der Waals surface area (Å²) in [4.78, 5) is 8.76. The summed E-state index contributed by atoms with van der Waals surface area (Å²) in [7, 11) is -9.80. The molecule has 0 fully saturated rings. The molecule has 0 saturated heterocycles. The van der Waals surface area contributed by atoms with Crippen LogP contribution >= 0.6 is 0 Å². The van der Waals surface area contributed by atoms with E-state index >= 15 is 0 Å². The molecule has 16 heteroatoms. The Balaban J connectivity index is 1.69. The number of fused-ring (bicyclic) bond motifs is 1. The van der Waals surface area contributed by atoms with Gasteiger partial charge in [0.15, 0.2) is 0 Å². The predicted molar refractivity (Wildman–Crippen MR) is 142 cm³/mol. The van der Waals surface area contributed by atoms with Gasteiger partial charge in [0.25, 0.3) is 26.7 Å². The Morgan fingerprint density at radius 3 is 2.02 bits per heavy atom. The number of phenols is 1. The number of azo groups is 2. The molecule has 0 bridgehead atoms. The molecule has 0 aromatic heterocycles. The maximum Gasteiger partial charge on any atom is 0.298 e. The van der Waals surface area contributed by atoms with Gasteiger partial charge in [0.05, 0.1) is 33.0 Å². The van der Waals surface area contributed by atoms with Crippen molar-refractivity contribution in [3.8, 4) is 11.5 Å². The van der Waals surface area contributed by atoms with Crippen molar-refractivity contribution in [3.63, 3.8) is 0 Å². The molecule has 0 spiro atoms. The average Bonchev–Trinajstić information content (AvgIpc) is 2.87. The van der Waals surface area contributed by atoms with E-state index in [2.05, 4.69) is 20.5 Å². The van der Waals surface area contributed by atoms with Crippen molar-refractivity contribution in [2.45, 2.75) is 16.7 Å². The van der Waals surface area contributed by atoms with Gasteiger partial charge in [-0.1, -0.05) is 0 Å². The van der Waals surface area contributed by atoms with Gasteiger partial charge in [0.1, 0.15) is 22.1 Å². The zero-order valence-corrected chi connectivity index (χ0v) is 22.0. The summed E-state index contributed by atoms with van der Waals surface area (Å²) in [5.41, 5.74) is 7.54. The van der Waals surface area contributed by atoms with E-state index in [0.29, 0.717) is 40.9 Å². The molecular weight excluding hydrogens is 566 g/mol. The molecule has 5 N–H and O–H groups in total. The number of hydrogen-bond donors (Lipinski definition) is 4. The zero-order valence-electron chi connectivity index (χ0n) is 20.3. The van der Waals surface area contributed by atoms with Gasteiger partial charge >= 0.3 is 0 Å². The van der Waals surface area contributed by atoms with Crippen molar-refractivity contribution in [2.75, 3.05) is 5.73 Å². The number of rotatable bonds is 8. The number of benzene rings is 4. The fourth-order valence-corrected chi connectivity index (χ4v) is 4.84. The van der Waals surface area contributed by atoms with Crippen molar-refractivity contribution in [3.05, 3.63) is 66.2 Å². The van der Waals surface area contributed by atoms with Crippen molar-refractivity contribution in [1.82, 2.24) is 0 Å². The normalized spacial score (nSPS) is 12.4. The Hall–Kier alpha value is -4.77. The van der Waals surface area contributed by atoms with Crippen LogP contribution < -0.4 is 10.5 Å². The number of nitrogens with zero attached hydrogens (tertiary/aromatic N) is 4. The van der Waals surface area contributed by atoms with Crippen LogP contribution in [0.25, 0.3) is 10.8 Å². The molecule has 0 radical (unpaired) electrons. The van der Waals surface area contributed by atoms with Crippen molar-refractivity contribution in [2.24, 2.45) is 20.5 Å². The minimum absolute atomic E-state index is 0.251. The number of anilines is 1. The second-order valence-corrected chi connectivity index (χ2v) is 11.0. The fraction of sp³-hybridized carbons (Fsp3) is 0.0417. The monoisotopic (exact) mass is 585 g/mol. The molecule has 0 amide bonds. The number of aromatic hydroxyl groups is 1. The number of ether oxygens (including phenoxy) is 1. The van der Waals surface area contributed by atoms with E-state index in [4.69, 9.17) is 10.5 Å². The van der Waals surface area contributed by atoms with E-state index in [1.165, 1.54) is 0 Å². The minimum atomic E-state index is -4.97. The molecule has 4 aromatic rings. The summed E-state index contributed by atoms with van der Waals surface area (Å²) < 4.78 is 71.0. The van der Waals surface area contributed by atoms with Crippen LogP contribution in [0.5, 0.6) is 11.5 Å². The van der Waals surface area contributed by atoms with Crippen molar-refractivity contribution < 1.29 is 40.6 Å². The molecule has 0 aliphatic rings. The topological polar surface area (TPSA) is 231 Å². The minimum Gasteiger partial charge on any atom is -0.507 e. The lowest BCUT2D eigenvalue weighted by molar-refractivity contribution is -0.120. The Morgan fingerprint density at radius 1 is 0.800 bits per heavy atom. The van der Waals surface area contributed by atoms with Gasteiger partial charge < -0.3 is 15.6 Å². The molecule has 0 saturated carbocycles. The van der Waals surface area contributed by atoms with Crippen LogP contribution in [-0.4, -0.2) is 37.5 Å². The molecule has 0 heterocycles. The number of nitrogens with two attached hydrogens (primary N) is 1. The number of carbonyl (C=O) groups excluding carboxylic acids is 1. The van der Waals surface area contributed by atoms with E-state index in [-0.39, 0.29) is 16.8 Å². The average molecular weight is 586 g/mol. The lowest BCUT2D eigenvalue weighted by Gasteiger charge is -2.12. The number of hydrogen-bond acceptors (Lipinski definition) is 12. The highest BCUT2D eigenvalue weighted by atomic mass is 32.2. The molecule has 14 nitrogen and oxygen atoms in total. The predicted octanol–water partition coefficient (Wildman–Crippen LogP) is 5.30. The van der Waals surface area contributed by atoms with Crippen LogP contribution in [0.3, 0.4) is 0 Å². The third-order valence-corrected chi connectivity index (χ3v) is 7.22. The Labute approximate surface area is 227 Å². The van der Waals surface area contributed by atoms with Crippen LogP contribution in [0.15, 0.2) is 90.9 Å². The number of aryl methyl sites for hydroxylation is 1. The summed E-state index contributed by atoms with van der Waals surface area (Å²) in [6.45, 7) is 2.05. The lowest BCUT2D eigenvalue weighted by Crippen LogP contribution is -2.04. The standard InChI is InChI=1S/C24H19N5O9S2/c1-13-8-15(4-7-19(13)28-26-14-2-5-16(6-3-14)38-12-30)27-29-20-11-22(40(35,36)37)18-9-17(39(32,33)34)10-21(31)23(18)24(20)25/h2-12,31H,25H2,1H3,(H,32,33,34)(H,35,36,37)/b28-26+,29-27+. The van der Waals surface area contributed by atoms with Crippen LogP contribution in [0, 0.1) is 6.92 Å². The molecule has 0 atom stereocenters. The highest BCUT2D eigenvalue weighted by molar-refractivity contribution is 7.86. The molecule has 0 aliphatic heterocycles.